The fourth-order valence-corrected chi connectivity index (χ4v) is 2.15. The molecule has 0 radical (unpaired) electrons. The first kappa shape index (κ1) is 14.0. The number of rotatable bonds is 6. The van der Waals surface area contributed by atoms with E-state index in [1.165, 1.54) is 0 Å². The molecule has 0 aliphatic heterocycles. The number of nitrogens with zero attached hydrogens (tertiary/aromatic N) is 2. The minimum Gasteiger partial charge on any atom is -0.396 e. The number of fused-ring (bicyclic) bond motifs is 1. The van der Waals surface area contributed by atoms with E-state index in [0.717, 1.165) is 16.6 Å². The molecule has 0 aliphatic carbocycles. The summed E-state index contributed by atoms with van der Waals surface area (Å²) in [5.74, 6) is 0. The normalized spacial score (nSPS) is 14.7. The molecule has 0 spiro atoms. The minimum atomic E-state index is -0.579. The van der Waals surface area contributed by atoms with Crippen molar-refractivity contribution in [1.29, 1.82) is 0 Å². The maximum absolute atomic E-state index is 10.3. The van der Waals surface area contributed by atoms with Gasteiger partial charge < -0.3 is 20.1 Å². The molecule has 1 aromatic carbocycles. The van der Waals surface area contributed by atoms with Crippen LogP contribution in [0.25, 0.3) is 11.0 Å². The molecule has 0 aliphatic rings. The topological polar surface area (TPSA) is 70.3 Å². The molecule has 5 heteroatoms. The van der Waals surface area contributed by atoms with Gasteiger partial charge in [-0.15, -0.1) is 0 Å². The molecule has 1 heterocycles. The second-order valence-corrected chi connectivity index (χ2v) is 4.87. The van der Waals surface area contributed by atoms with Crippen LogP contribution in [-0.4, -0.2) is 39.0 Å². The molecule has 0 saturated carbocycles. The van der Waals surface area contributed by atoms with E-state index < -0.39 is 6.10 Å². The van der Waals surface area contributed by atoms with Gasteiger partial charge in [0.2, 0.25) is 0 Å². The monoisotopic (exact) mass is 263 g/mol. The third kappa shape index (κ3) is 3.12. The second kappa shape index (κ2) is 6.14. The number of aromatic nitrogens is 2. The molecule has 2 rings (SSSR count). The van der Waals surface area contributed by atoms with E-state index in [1.54, 1.807) is 6.33 Å². The number of aliphatic hydroxyl groups excluding tert-OH is 2. The number of hydrogen-bond donors (Lipinski definition) is 3. The van der Waals surface area contributed by atoms with Gasteiger partial charge in [-0.1, -0.05) is 6.07 Å². The van der Waals surface area contributed by atoms with Gasteiger partial charge in [0.25, 0.3) is 0 Å². The maximum Gasteiger partial charge on any atom is 0.0955 e. The molecule has 1 aromatic heterocycles. The van der Waals surface area contributed by atoms with Crippen molar-refractivity contribution in [1.82, 2.24) is 14.9 Å². The Morgan fingerprint density at radius 2 is 2.21 bits per heavy atom. The van der Waals surface area contributed by atoms with E-state index in [4.69, 9.17) is 5.11 Å². The molecule has 19 heavy (non-hydrogen) atoms. The highest BCUT2D eigenvalue weighted by Crippen LogP contribution is 2.21. The van der Waals surface area contributed by atoms with Crippen LogP contribution in [0.15, 0.2) is 24.5 Å². The summed E-state index contributed by atoms with van der Waals surface area (Å²) in [6, 6.07) is 5.76. The van der Waals surface area contributed by atoms with E-state index in [9.17, 15) is 5.11 Å². The van der Waals surface area contributed by atoms with Crippen molar-refractivity contribution in [3.63, 3.8) is 0 Å². The van der Waals surface area contributed by atoms with Gasteiger partial charge in [0.15, 0.2) is 0 Å². The predicted molar refractivity (Wildman–Crippen MR) is 74.8 cm³/mol. The van der Waals surface area contributed by atoms with Crippen molar-refractivity contribution in [2.24, 2.45) is 7.05 Å². The number of imidazole rings is 1. The van der Waals surface area contributed by atoms with Crippen LogP contribution in [0.3, 0.4) is 0 Å². The zero-order valence-corrected chi connectivity index (χ0v) is 11.4. The quantitative estimate of drug-likeness (QED) is 0.679. The summed E-state index contributed by atoms with van der Waals surface area (Å²) in [4.78, 5) is 4.29. The fraction of sp³-hybridized carbons (Fsp3) is 0.500. The van der Waals surface area contributed by atoms with Crippen molar-refractivity contribution in [3.8, 4) is 0 Å². The second-order valence-electron chi connectivity index (χ2n) is 4.87. The lowest BCUT2D eigenvalue weighted by Gasteiger charge is -2.20. The number of aryl methyl sites for hydroxylation is 1. The molecule has 0 saturated heterocycles. The van der Waals surface area contributed by atoms with Crippen molar-refractivity contribution in [2.45, 2.75) is 25.5 Å². The van der Waals surface area contributed by atoms with Crippen LogP contribution in [0.5, 0.6) is 0 Å². The van der Waals surface area contributed by atoms with Crippen molar-refractivity contribution in [2.75, 3.05) is 13.2 Å². The molecule has 2 atom stereocenters. The first-order valence-electron chi connectivity index (χ1n) is 6.56. The van der Waals surface area contributed by atoms with Crippen LogP contribution >= 0.6 is 0 Å². The van der Waals surface area contributed by atoms with Crippen LogP contribution in [0, 0.1) is 0 Å². The van der Waals surface area contributed by atoms with Crippen molar-refractivity contribution >= 4 is 11.0 Å². The Bertz CT molecular complexity index is 538. The number of nitrogens with one attached hydrogen (secondary N) is 1. The van der Waals surface area contributed by atoms with E-state index >= 15 is 0 Å². The van der Waals surface area contributed by atoms with E-state index in [-0.39, 0.29) is 12.6 Å². The Balaban J connectivity index is 2.09. The van der Waals surface area contributed by atoms with E-state index in [2.05, 4.69) is 10.3 Å². The van der Waals surface area contributed by atoms with Gasteiger partial charge in [-0.3, -0.25) is 0 Å². The molecule has 2 unspecified atom stereocenters. The van der Waals surface area contributed by atoms with Crippen LogP contribution < -0.4 is 5.32 Å². The molecule has 0 bridgehead atoms. The molecule has 0 fully saturated rings. The molecule has 3 N–H and O–H groups in total. The minimum absolute atomic E-state index is 0.0623. The summed E-state index contributed by atoms with van der Waals surface area (Å²) in [5, 5.41) is 22.2. The zero-order valence-electron chi connectivity index (χ0n) is 11.4. The molecule has 2 aromatic rings. The van der Waals surface area contributed by atoms with Gasteiger partial charge in [-0.05, 0) is 37.6 Å². The van der Waals surface area contributed by atoms with Crippen LogP contribution in [0.1, 0.15) is 25.0 Å². The largest absolute Gasteiger partial charge is 0.396 e. The highest BCUT2D eigenvalue weighted by Gasteiger charge is 2.16. The summed E-state index contributed by atoms with van der Waals surface area (Å²) >= 11 is 0. The smallest absolute Gasteiger partial charge is 0.0955 e. The average molecular weight is 263 g/mol. The lowest BCUT2D eigenvalue weighted by molar-refractivity contribution is 0.135. The molecule has 0 amide bonds. The highest BCUT2D eigenvalue weighted by atomic mass is 16.3. The van der Waals surface area contributed by atoms with Crippen LogP contribution in [0.2, 0.25) is 0 Å². The first-order chi connectivity index (χ1) is 9.13. The Kier molecular flexibility index (Phi) is 4.52. The summed E-state index contributed by atoms with van der Waals surface area (Å²) in [6.07, 6.45) is 1.88. The van der Waals surface area contributed by atoms with Crippen molar-refractivity contribution < 1.29 is 10.2 Å². The summed E-state index contributed by atoms with van der Waals surface area (Å²) in [5.41, 5.74) is 2.80. The van der Waals surface area contributed by atoms with Crippen LogP contribution in [0.4, 0.5) is 0 Å². The highest BCUT2D eigenvalue weighted by molar-refractivity contribution is 5.76. The summed E-state index contributed by atoms with van der Waals surface area (Å²) in [7, 11) is 1.95. The predicted octanol–water partition coefficient (Wildman–Crippen LogP) is 0.967. The Morgan fingerprint density at radius 3 is 2.95 bits per heavy atom. The van der Waals surface area contributed by atoms with Gasteiger partial charge in [-0.25, -0.2) is 4.98 Å². The average Bonchev–Trinajstić information content (AvgIpc) is 2.79. The Morgan fingerprint density at radius 1 is 1.42 bits per heavy atom. The van der Waals surface area contributed by atoms with Crippen molar-refractivity contribution in [3.05, 3.63) is 30.1 Å². The first-order valence-corrected chi connectivity index (χ1v) is 6.56. The van der Waals surface area contributed by atoms with Gasteiger partial charge in [0, 0.05) is 19.7 Å². The number of benzene rings is 1. The van der Waals surface area contributed by atoms with E-state index in [0.29, 0.717) is 13.0 Å². The van der Waals surface area contributed by atoms with Crippen LogP contribution in [-0.2, 0) is 7.05 Å². The molecule has 5 nitrogen and oxygen atoms in total. The molecule has 104 valence electrons. The molecular formula is C14H21N3O2. The standard InChI is InChI=1S/C14H21N3O2/c1-10(15-6-3-7-18)14(19)11-4-5-13-12(8-11)16-9-17(13)2/h4-5,8-10,14-15,18-19H,3,6-7H2,1-2H3. The van der Waals surface area contributed by atoms with Gasteiger partial charge in [0.05, 0.1) is 23.5 Å². The number of aliphatic hydroxyl groups is 2. The van der Waals surface area contributed by atoms with Gasteiger partial charge in [0.1, 0.15) is 0 Å². The summed E-state index contributed by atoms with van der Waals surface area (Å²) in [6.45, 7) is 2.79. The van der Waals surface area contributed by atoms with Gasteiger partial charge >= 0.3 is 0 Å². The van der Waals surface area contributed by atoms with E-state index in [1.807, 2.05) is 36.7 Å². The number of hydrogen-bond acceptors (Lipinski definition) is 4. The lowest BCUT2D eigenvalue weighted by Crippen LogP contribution is -2.33. The molecular weight excluding hydrogens is 242 g/mol. The SMILES string of the molecule is CC(NCCCO)C(O)c1ccc2c(c1)ncn2C. The summed E-state index contributed by atoms with van der Waals surface area (Å²) < 4.78 is 1.95. The lowest BCUT2D eigenvalue weighted by atomic mass is 10.0. The Labute approximate surface area is 112 Å². The Hall–Kier alpha value is -1.43. The third-order valence-corrected chi connectivity index (χ3v) is 3.37. The van der Waals surface area contributed by atoms with Gasteiger partial charge in [-0.2, -0.15) is 0 Å². The third-order valence-electron chi connectivity index (χ3n) is 3.37. The fourth-order valence-electron chi connectivity index (χ4n) is 2.15. The zero-order chi connectivity index (χ0) is 13.8. The maximum atomic E-state index is 10.3.